The molecule has 0 saturated carbocycles. The van der Waals surface area contributed by atoms with Crippen molar-refractivity contribution in [1.82, 2.24) is 19.6 Å². The highest BCUT2D eigenvalue weighted by molar-refractivity contribution is 5.87. The van der Waals surface area contributed by atoms with Crippen molar-refractivity contribution in [1.29, 1.82) is 0 Å². The van der Waals surface area contributed by atoms with E-state index in [1.165, 1.54) is 13.4 Å². The van der Waals surface area contributed by atoms with Crippen LogP contribution < -0.4 is 20.0 Å². The number of anilines is 1. The van der Waals surface area contributed by atoms with E-state index in [1.54, 1.807) is 28.8 Å². The smallest absolute Gasteiger partial charge is 0.344 e. The fourth-order valence-electron chi connectivity index (χ4n) is 5.68. The van der Waals surface area contributed by atoms with E-state index in [9.17, 15) is 9.90 Å². The van der Waals surface area contributed by atoms with E-state index in [0.29, 0.717) is 56.5 Å². The number of aromatic hydroxyl groups is 1. The molecule has 6 aromatic rings. The Morgan fingerprint density at radius 1 is 1.02 bits per heavy atom. The molecule has 0 fully saturated rings. The average molecular weight is 562 g/mol. The van der Waals surface area contributed by atoms with Crippen LogP contribution in [0.4, 0.5) is 5.69 Å². The van der Waals surface area contributed by atoms with E-state index in [0.717, 1.165) is 24.3 Å². The first-order chi connectivity index (χ1) is 20.5. The van der Waals surface area contributed by atoms with Crippen molar-refractivity contribution >= 4 is 22.3 Å². The number of hydrogen-bond acceptors (Lipinski definition) is 9. The van der Waals surface area contributed by atoms with Gasteiger partial charge in [-0.3, -0.25) is 0 Å². The van der Waals surface area contributed by atoms with Crippen LogP contribution in [0.25, 0.3) is 28.0 Å². The van der Waals surface area contributed by atoms with Crippen molar-refractivity contribution in [2.75, 3.05) is 25.1 Å². The zero-order valence-corrected chi connectivity index (χ0v) is 23.2. The molecule has 1 atom stereocenters. The molecule has 1 aliphatic heterocycles. The fourth-order valence-corrected chi connectivity index (χ4v) is 5.68. The maximum Gasteiger partial charge on any atom is 0.344 e. The molecular weight excluding hydrogens is 534 g/mol. The molecule has 3 aromatic carbocycles. The molecule has 4 heterocycles. The Kier molecular flexibility index (Phi) is 6.04. The molecule has 10 heteroatoms. The molecule has 0 bridgehead atoms. The van der Waals surface area contributed by atoms with E-state index >= 15 is 0 Å². The molecular formula is C32H27N5O5. The van der Waals surface area contributed by atoms with Gasteiger partial charge >= 0.3 is 5.63 Å². The summed E-state index contributed by atoms with van der Waals surface area (Å²) >= 11 is 0. The highest BCUT2D eigenvalue weighted by atomic mass is 16.5. The van der Waals surface area contributed by atoms with E-state index in [1.807, 2.05) is 30.3 Å². The van der Waals surface area contributed by atoms with Crippen LogP contribution in [0.15, 0.2) is 82.3 Å². The zero-order valence-electron chi connectivity index (χ0n) is 23.2. The first-order valence-electron chi connectivity index (χ1n) is 13.7. The Morgan fingerprint density at radius 3 is 2.55 bits per heavy atom. The topological polar surface area (TPSA) is 115 Å². The maximum atomic E-state index is 13.6. The van der Waals surface area contributed by atoms with E-state index in [2.05, 4.69) is 41.0 Å². The van der Waals surface area contributed by atoms with Gasteiger partial charge in [0, 0.05) is 24.3 Å². The van der Waals surface area contributed by atoms with Crippen LogP contribution in [0.5, 0.6) is 23.1 Å². The normalized spacial score (nSPS) is 13.9. The molecule has 3 aromatic heterocycles. The van der Waals surface area contributed by atoms with Crippen LogP contribution in [0.3, 0.4) is 0 Å². The van der Waals surface area contributed by atoms with Crippen LogP contribution in [0.1, 0.15) is 36.5 Å². The van der Waals surface area contributed by atoms with Crippen LogP contribution >= 0.6 is 0 Å². The molecule has 1 unspecified atom stereocenters. The third kappa shape index (κ3) is 3.94. The minimum Gasteiger partial charge on any atom is -0.504 e. The van der Waals surface area contributed by atoms with Gasteiger partial charge in [0.25, 0.3) is 0 Å². The quantitative estimate of drug-likeness (QED) is 0.254. The Balaban J connectivity index is 1.47. The van der Waals surface area contributed by atoms with Gasteiger partial charge in [-0.05, 0) is 61.9 Å². The van der Waals surface area contributed by atoms with Gasteiger partial charge in [0.2, 0.25) is 5.88 Å². The van der Waals surface area contributed by atoms with Crippen molar-refractivity contribution < 1.29 is 19.0 Å². The summed E-state index contributed by atoms with van der Waals surface area (Å²) in [5.74, 6) is 0.854. The summed E-state index contributed by atoms with van der Waals surface area (Å²) in [6, 6.07) is 20.4. The molecule has 0 saturated heterocycles. The lowest BCUT2D eigenvalue weighted by molar-refractivity contribution is 0.373. The second-order valence-electron chi connectivity index (χ2n) is 9.98. The molecule has 1 N–H and O–H groups in total. The second-order valence-corrected chi connectivity index (χ2v) is 9.98. The molecule has 1 aliphatic rings. The summed E-state index contributed by atoms with van der Waals surface area (Å²) < 4.78 is 18.9. The number of fused-ring (bicyclic) bond motifs is 6. The monoisotopic (exact) mass is 561 g/mol. The van der Waals surface area contributed by atoms with E-state index in [4.69, 9.17) is 18.9 Å². The summed E-state index contributed by atoms with van der Waals surface area (Å²) in [5, 5.41) is 15.7. The molecule has 0 amide bonds. The Labute approximate surface area is 240 Å². The van der Waals surface area contributed by atoms with Crippen molar-refractivity contribution in [3.63, 3.8) is 0 Å². The number of para-hydroxylation sites is 1. The summed E-state index contributed by atoms with van der Waals surface area (Å²) in [4.78, 5) is 25.4. The highest BCUT2D eigenvalue weighted by Gasteiger charge is 2.37. The molecule has 10 nitrogen and oxygen atoms in total. The summed E-state index contributed by atoms with van der Waals surface area (Å²) in [5.41, 5.74) is 3.93. The summed E-state index contributed by atoms with van der Waals surface area (Å²) in [6.07, 6.45) is 1.53. The zero-order chi connectivity index (χ0) is 29.0. The maximum absolute atomic E-state index is 13.6. The number of benzene rings is 3. The number of rotatable bonds is 6. The lowest BCUT2D eigenvalue weighted by Crippen LogP contribution is -2.23. The van der Waals surface area contributed by atoms with Crippen LogP contribution in [-0.2, 0) is 0 Å². The third-order valence-corrected chi connectivity index (χ3v) is 7.75. The van der Waals surface area contributed by atoms with Crippen LogP contribution in [0.2, 0.25) is 0 Å². The van der Waals surface area contributed by atoms with Gasteiger partial charge in [0.15, 0.2) is 28.7 Å². The lowest BCUT2D eigenvalue weighted by atomic mass is 9.84. The standard InChI is InChI=1S/C32H27N5O5/c1-4-36(5-2)20-13-10-18(11-14-20)25-26-28(21-8-6-7-9-23(21)41-32(26)39)42-31-27(25)30-34-29(35-37(30)17-33-31)19-12-15-24(40-3)22(38)16-19/h6-17,25,38H,4-5H2,1-3H3. The first-order valence-corrected chi connectivity index (χ1v) is 13.7. The van der Waals surface area contributed by atoms with Crippen molar-refractivity contribution in [2.45, 2.75) is 19.8 Å². The van der Waals surface area contributed by atoms with Gasteiger partial charge in [-0.1, -0.05) is 24.3 Å². The third-order valence-electron chi connectivity index (χ3n) is 7.75. The highest BCUT2D eigenvalue weighted by Crippen LogP contribution is 2.49. The summed E-state index contributed by atoms with van der Waals surface area (Å²) in [6.45, 7) is 5.99. The lowest BCUT2D eigenvalue weighted by Gasteiger charge is -2.28. The van der Waals surface area contributed by atoms with Crippen molar-refractivity contribution in [3.8, 4) is 34.5 Å². The molecule has 0 radical (unpaired) electrons. The van der Waals surface area contributed by atoms with Crippen LogP contribution in [-0.4, -0.2) is 44.9 Å². The van der Waals surface area contributed by atoms with Gasteiger partial charge in [0.05, 0.1) is 29.5 Å². The largest absolute Gasteiger partial charge is 0.504 e. The number of methoxy groups -OCH3 is 1. The minimum atomic E-state index is -0.590. The second kappa shape index (κ2) is 9.91. The molecule has 7 rings (SSSR count). The van der Waals surface area contributed by atoms with Crippen LogP contribution in [0, 0.1) is 0 Å². The predicted molar refractivity (Wildman–Crippen MR) is 158 cm³/mol. The van der Waals surface area contributed by atoms with Crippen molar-refractivity contribution in [2.24, 2.45) is 0 Å². The van der Waals surface area contributed by atoms with Gasteiger partial charge in [-0.2, -0.15) is 0 Å². The average Bonchev–Trinajstić information content (AvgIpc) is 3.46. The van der Waals surface area contributed by atoms with Gasteiger partial charge in [0.1, 0.15) is 11.9 Å². The van der Waals surface area contributed by atoms with Gasteiger partial charge < -0.3 is 23.9 Å². The Hall–Kier alpha value is -5.38. The Bertz CT molecular complexity index is 2030. The van der Waals surface area contributed by atoms with E-state index < -0.39 is 11.5 Å². The fraction of sp³-hybridized carbons (Fsp3) is 0.188. The minimum absolute atomic E-state index is 0.0260. The first kappa shape index (κ1) is 25.6. The number of phenols is 1. The number of aromatic nitrogens is 4. The molecule has 0 spiro atoms. The number of hydrogen-bond donors (Lipinski definition) is 1. The van der Waals surface area contributed by atoms with Gasteiger partial charge in [-0.15, -0.1) is 5.10 Å². The van der Waals surface area contributed by atoms with Gasteiger partial charge in [-0.25, -0.2) is 19.3 Å². The molecule has 42 heavy (non-hydrogen) atoms. The Morgan fingerprint density at radius 2 is 1.81 bits per heavy atom. The number of nitrogens with zero attached hydrogens (tertiary/aromatic N) is 5. The number of ether oxygens (including phenoxy) is 2. The van der Waals surface area contributed by atoms with Crippen molar-refractivity contribution in [3.05, 3.63) is 100 Å². The SMILES string of the molecule is CCN(CC)c1ccc(C2c3c(c4ccccc4oc3=O)Oc3ncn4nc(-c5ccc(OC)c(O)c5)nc4c32)cc1. The number of phenolic OH excluding ortho intramolecular Hbond substituents is 1. The molecule has 210 valence electrons. The van der Waals surface area contributed by atoms with E-state index in [-0.39, 0.29) is 5.75 Å². The summed E-state index contributed by atoms with van der Waals surface area (Å²) in [7, 11) is 1.49. The molecule has 0 aliphatic carbocycles. The predicted octanol–water partition coefficient (Wildman–Crippen LogP) is 5.74.